The van der Waals surface area contributed by atoms with Crippen molar-refractivity contribution in [2.45, 2.75) is 18.6 Å². The molecule has 1 aliphatic rings. The van der Waals surface area contributed by atoms with Crippen molar-refractivity contribution >= 4 is 34.2 Å². The zero-order valence-corrected chi connectivity index (χ0v) is 16.2. The lowest BCUT2D eigenvalue weighted by Crippen LogP contribution is -2.43. The summed E-state index contributed by atoms with van der Waals surface area (Å²) in [5, 5.41) is 0. The van der Waals surface area contributed by atoms with E-state index in [4.69, 9.17) is 10.5 Å². The van der Waals surface area contributed by atoms with E-state index in [1.54, 1.807) is 0 Å². The van der Waals surface area contributed by atoms with Crippen LogP contribution in [0.2, 0.25) is 0 Å². The van der Waals surface area contributed by atoms with Gasteiger partial charge in [-0.25, -0.2) is 0 Å². The highest BCUT2D eigenvalue weighted by Crippen LogP contribution is 2.25. The van der Waals surface area contributed by atoms with Crippen LogP contribution in [0.15, 0.2) is 59.1 Å². The summed E-state index contributed by atoms with van der Waals surface area (Å²) in [7, 11) is 0. The van der Waals surface area contributed by atoms with E-state index in [2.05, 4.69) is 15.9 Å². The van der Waals surface area contributed by atoms with Gasteiger partial charge in [-0.05, 0) is 23.3 Å². The minimum atomic E-state index is -0.271. The number of halogens is 2. The molecule has 1 fully saturated rings. The summed E-state index contributed by atoms with van der Waals surface area (Å²) >= 11 is 3.43. The highest BCUT2D eigenvalue weighted by Gasteiger charge is 2.26. The number of benzene rings is 2. The van der Waals surface area contributed by atoms with Gasteiger partial charge < -0.3 is 15.4 Å². The zero-order chi connectivity index (χ0) is 16.9. The number of rotatable bonds is 4. The first-order chi connectivity index (χ1) is 11.6. The van der Waals surface area contributed by atoms with E-state index in [1.807, 2.05) is 59.5 Å². The molecule has 2 aromatic carbocycles. The van der Waals surface area contributed by atoms with Crippen molar-refractivity contribution in [3.63, 3.8) is 0 Å². The van der Waals surface area contributed by atoms with Crippen molar-refractivity contribution in [1.29, 1.82) is 0 Å². The van der Waals surface area contributed by atoms with E-state index in [9.17, 15) is 4.79 Å². The predicted molar refractivity (Wildman–Crippen MR) is 105 cm³/mol. The van der Waals surface area contributed by atoms with E-state index < -0.39 is 0 Å². The first-order valence-corrected chi connectivity index (χ1v) is 8.88. The van der Waals surface area contributed by atoms with Gasteiger partial charge in [-0.3, -0.25) is 4.79 Å². The van der Waals surface area contributed by atoms with Gasteiger partial charge in [0.2, 0.25) is 5.91 Å². The number of hydrogen-bond acceptors (Lipinski definition) is 3. The van der Waals surface area contributed by atoms with Crippen LogP contribution in [0.25, 0.3) is 0 Å². The van der Waals surface area contributed by atoms with Crippen molar-refractivity contribution in [2.24, 2.45) is 5.73 Å². The summed E-state index contributed by atoms with van der Waals surface area (Å²) in [5.41, 5.74) is 8.26. The Bertz CT molecular complexity index is 682. The lowest BCUT2D eigenvalue weighted by atomic mass is 10.0. The molecular weight excluding hydrogens is 404 g/mol. The molecule has 0 saturated carbocycles. The average molecular weight is 426 g/mol. The Morgan fingerprint density at radius 1 is 1.20 bits per heavy atom. The summed E-state index contributed by atoms with van der Waals surface area (Å²) in [4.78, 5) is 14.5. The van der Waals surface area contributed by atoms with E-state index in [0.29, 0.717) is 26.1 Å². The number of carbonyl (C=O) groups is 1. The van der Waals surface area contributed by atoms with Gasteiger partial charge in [0.05, 0.1) is 13.2 Å². The monoisotopic (exact) mass is 424 g/mol. The molecule has 0 bridgehead atoms. The van der Waals surface area contributed by atoms with Gasteiger partial charge >= 0.3 is 0 Å². The lowest BCUT2D eigenvalue weighted by molar-refractivity contribution is -0.139. The fourth-order valence-corrected chi connectivity index (χ4v) is 3.15. The molecule has 6 heteroatoms. The molecule has 0 aromatic heterocycles. The molecule has 2 aromatic rings. The Balaban J connectivity index is 0.00000225. The third-order valence-corrected chi connectivity index (χ3v) is 4.81. The van der Waals surface area contributed by atoms with Crippen molar-refractivity contribution in [3.8, 4) is 0 Å². The van der Waals surface area contributed by atoms with Crippen molar-refractivity contribution in [2.75, 3.05) is 19.7 Å². The molecular formula is C19H22BrClN2O2. The Labute approximate surface area is 162 Å². The molecule has 4 nitrogen and oxygen atoms in total. The van der Waals surface area contributed by atoms with Gasteiger partial charge in [0.1, 0.15) is 6.10 Å². The third-order valence-electron chi connectivity index (χ3n) is 4.28. The molecule has 25 heavy (non-hydrogen) atoms. The van der Waals surface area contributed by atoms with E-state index in [0.717, 1.165) is 15.6 Å². The smallest absolute Gasteiger partial charge is 0.224 e. The maximum Gasteiger partial charge on any atom is 0.224 e. The largest absolute Gasteiger partial charge is 0.370 e. The molecule has 1 heterocycles. The Hall–Kier alpha value is -1.40. The second-order valence-corrected chi connectivity index (χ2v) is 6.89. The fraction of sp³-hybridized carbons (Fsp3) is 0.316. The molecule has 0 radical (unpaired) electrons. The highest BCUT2D eigenvalue weighted by atomic mass is 79.9. The Morgan fingerprint density at radius 2 is 1.88 bits per heavy atom. The highest BCUT2D eigenvalue weighted by molar-refractivity contribution is 9.10. The molecule has 134 valence electrons. The molecule has 2 N–H and O–H groups in total. The van der Waals surface area contributed by atoms with Gasteiger partial charge in [-0.1, -0.05) is 58.4 Å². The molecule has 0 spiro atoms. The van der Waals surface area contributed by atoms with Crippen LogP contribution in [-0.4, -0.2) is 30.5 Å². The van der Waals surface area contributed by atoms with Crippen LogP contribution >= 0.6 is 28.3 Å². The van der Waals surface area contributed by atoms with Crippen LogP contribution < -0.4 is 5.73 Å². The van der Waals surface area contributed by atoms with Gasteiger partial charge in [0.15, 0.2) is 0 Å². The standard InChI is InChI=1S/C19H21BrN2O2.ClH/c20-16-8-6-15(7-9-16)18-13-22(10-11-24-18)19(23)12-17(21)14-4-2-1-3-5-14;/h1-9,17-18H,10-13,21H2;1H. The van der Waals surface area contributed by atoms with Crippen LogP contribution in [0.3, 0.4) is 0 Å². The van der Waals surface area contributed by atoms with Gasteiger partial charge in [0.25, 0.3) is 0 Å². The van der Waals surface area contributed by atoms with Crippen LogP contribution in [0.5, 0.6) is 0 Å². The SMILES string of the molecule is Cl.NC(CC(=O)N1CCOC(c2ccc(Br)cc2)C1)c1ccccc1. The quantitative estimate of drug-likeness (QED) is 0.809. The second-order valence-electron chi connectivity index (χ2n) is 5.97. The molecule has 3 rings (SSSR count). The second kappa shape index (κ2) is 9.34. The number of carbonyl (C=O) groups excluding carboxylic acids is 1. The van der Waals surface area contributed by atoms with Crippen molar-refractivity contribution in [3.05, 3.63) is 70.2 Å². The minimum absolute atomic E-state index is 0. The van der Waals surface area contributed by atoms with Crippen molar-refractivity contribution < 1.29 is 9.53 Å². The molecule has 1 amide bonds. The number of nitrogens with zero attached hydrogens (tertiary/aromatic N) is 1. The summed E-state index contributed by atoms with van der Waals surface area (Å²) in [6.07, 6.45) is 0.237. The zero-order valence-electron chi connectivity index (χ0n) is 13.8. The van der Waals surface area contributed by atoms with Crippen LogP contribution in [0.1, 0.15) is 29.7 Å². The van der Waals surface area contributed by atoms with E-state index in [-0.39, 0.29) is 30.5 Å². The summed E-state index contributed by atoms with van der Waals surface area (Å²) in [5.74, 6) is 0.0803. The summed E-state index contributed by atoms with van der Waals surface area (Å²) in [6.45, 7) is 1.74. The topological polar surface area (TPSA) is 55.6 Å². The molecule has 1 saturated heterocycles. The predicted octanol–water partition coefficient (Wildman–Crippen LogP) is 3.86. The van der Waals surface area contributed by atoms with Crippen LogP contribution in [0.4, 0.5) is 0 Å². The number of morpholine rings is 1. The number of hydrogen-bond donors (Lipinski definition) is 1. The minimum Gasteiger partial charge on any atom is -0.370 e. The average Bonchev–Trinajstić information content (AvgIpc) is 2.63. The number of nitrogens with two attached hydrogens (primary N) is 1. The number of amides is 1. The van der Waals surface area contributed by atoms with Crippen LogP contribution in [0, 0.1) is 0 Å². The Morgan fingerprint density at radius 3 is 2.56 bits per heavy atom. The van der Waals surface area contributed by atoms with E-state index >= 15 is 0 Å². The molecule has 0 aliphatic carbocycles. The van der Waals surface area contributed by atoms with Gasteiger partial charge in [-0.15, -0.1) is 12.4 Å². The number of ether oxygens (including phenoxy) is 1. The fourth-order valence-electron chi connectivity index (χ4n) is 2.89. The third kappa shape index (κ3) is 5.28. The van der Waals surface area contributed by atoms with Gasteiger partial charge in [0, 0.05) is 23.5 Å². The lowest BCUT2D eigenvalue weighted by Gasteiger charge is -2.34. The molecule has 1 aliphatic heterocycles. The van der Waals surface area contributed by atoms with Crippen LogP contribution in [-0.2, 0) is 9.53 Å². The molecule has 2 unspecified atom stereocenters. The Kier molecular flexibility index (Phi) is 7.44. The van der Waals surface area contributed by atoms with Crippen molar-refractivity contribution in [1.82, 2.24) is 4.90 Å². The summed E-state index contributed by atoms with van der Waals surface area (Å²) in [6, 6.07) is 17.5. The normalized spacial score (nSPS) is 18.3. The maximum absolute atomic E-state index is 12.6. The van der Waals surface area contributed by atoms with Gasteiger partial charge in [-0.2, -0.15) is 0 Å². The van der Waals surface area contributed by atoms with E-state index in [1.165, 1.54) is 0 Å². The first-order valence-electron chi connectivity index (χ1n) is 8.09. The molecule has 2 atom stereocenters. The maximum atomic E-state index is 12.6. The summed E-state index contributed by atoms with van der Waals surface area (Å²) < 4.78 is 6.86. The first kappa shape index (κ1) is 19.9.